The van der Waals surface area contributed by atoms with Crippen LogP contribution in [0.1, 0.15) is 6.92 Å². The molecular formula is C12H14N4. The monoisotopic (exact) mass is 214 g/mol. The van der Waals surface area contributed by atoms with Gasteiger partial charge in [0.05, 0.1) is 5.69 Å². The van der Waals surface area contributed by atoms with Gasteiger partial charge in [-0.15, -0.1) is 0 Å². The lowest BCUT2D eigenvalue weighted by atomic mass is 10.1. The first-order valence-corrected chi connectivity index (χ1v) is 5.21. The summed E-state index contributed by atoms with van der Waals surface area (Å²) in [6, 6.07) is 7.94. The summed E-state index contributed by atoms with van der Waals surface area (Å²) < 4.78 is 0. The van der Waals surface area contributed by atoms with E-state index in [1.165, 1.54) is 0 Å². The number of benzene rings is 1. The number of aromatic nitrogens is 1. The van der Waals surface area contributed by atoms with E-state index in [1.807, 2.05) is 37.4 Å². The number of pyridine rings is 1. The Hall–Kier alpha value is -2.10. The van der Waals surface area contributed by atoms with Crippen LogP contribution in [0.15, 0.2) is 41.7 Å². The van der Waals surface area contributed by atoms with Gasteiger partial charge in [-0.2, -0.15) is 0 Å². The van der Waals surface area contributed by atoms with Crippen molar-refractivity contribution in [2.75, 3.05) is 11.9 Å². The third-order valence-electron chi connectivity index (χ3n) is 2.27. The number of anilines is 1. The molecular weight excluding hydrogens is 200 g/mol. The minimum absolute atomic E-state index is 0.429. The maximum Gasteiger partial charge on any atom is 0.193 e. The van der Waals surface area contributed by atoms with Crippen molar-refractivity contribution in [1.29, 1.82) is 0 Å². The van der Waals surface area contributed by atoms with Crippen molar-refractivity contribution in [3.05, 3.63) is 36.7 Å². The summed E-state index contributed by atoms with van der Waals surface area (Å²) in [5, 5.41) is 5.24. The summed E-state index contributed by atoms with van der Waals surface area (Å²) in [7, 11) is 0. The van der Waals surface area contributed by atoms with Crippen molar-refractivity contribution in [2.45, 2.75) is 6.92 Å². The van der Waals surface area contributed by atoms with E-state index in [-0.39, 0.29) is 0 Å². The number of hydrogen-bond acceptors (Lipinski definition) is 2. The minimum atomic E-state index is 0.429. The van der Waals surface area contributed by atoms with Gasteiger partial charge in [-0.3, -0.25) is 9.98 Å². The van der Waals surface area contributed by atoms with Crippen molar-refractivity contribution in [3.8, 4) is 0 Å². The van der Waals surface area contributed by atoms with Gasteiger partial charge in [-0.25, -0.2) is 0 Å². The van der Waals surface area contributed by atoms with Crippen molar-refractivity contribution in [1.82, 2.24) is 4.98 Å². The molecule has 0 spiro atoms. The number of aliphatic imine (C=N–C) groups is 1. The van der Waals surface area contributed by atoms with Crippen LogP contribution in [-0.2, 0) is 0 Å². The second kappa shape index (κ2) is 4.61. The fourth-order valence-electron chi connectivity index (χ4n) is 1.57. The van der Waals surface area contributed by atoms with Gasteiger partial charge in [0.1, 0.15) is 0 Å². The fourth-order valence-corrected chi connectivity index (χ4v) is 1.57. The summed E-state index contributed by atoms with van der Waals surface area (Å²) in [5.74, 6) is 0.429. The zero-order valence-electron chi connectivity index (χ0n) is 9.14. The van der Waals surface area contributed by atoms with E-state index in [9.17, 15) is 0 Å². The number of guanidine groups is 1. The van der Waals surface area contributed by atoms with Crippen LogP contribution in [0.25, 0.3) is 10.8 Å². The minimum Gasteiger partial charge on any atom is -0.370 e. The maximum atomic E-state index is 5.73. The highest BCUT2D eigenvalue weighted by Crippen LogP contribution is 2.21. The Morgan fingerprint density at radius 1 is 1.44 bits per heavy atom. The molecule has 2 rings (SSSR count). The van der Waals surface area contributed by atoms with E-state index in [0.29, 0.717) is 12.5 Å². The molecule has 0 aliphatic heterocycles. The number of fused-ring (bicyclic) bond motifs is 1. The molecule has 4 heteroatoms. The Balaban J connectivity index is 2.41. The molecule has 0 bridgehead atoms. The van der Waals surface area contributed by atoms with Gasteiger partial charge in [0, 0.05) is 24.3 Å². The average molecular weight is 214 g/mol. The molecule has 0 saturated carbocycles. The molecule has 0 amide bonds. The summed E-state index contributed by atoms with van der Waals surface area (Å²) in [6.07, 6.45) is 3.59. The van der Waals surface area contributed by atoms with Crippen LogP contribution < -0.4 is 11.1 Å². The van der Waals surface area contributed by atoms with Crippen LogP contribution in [-0.4, -0.2) is 17.5 Å². The molecule has 0 atom stereocenters. The molecule has 0 aliphatic carbocycles. The number of nitrogens with one attached hydrogen (secondary N) is 1. The van der Waals surface area contributed by atoms with E-state index in [0.717, 1.165) is 16.5 Å². The van der Waals surface area contributed by atoms with E-state index >= 15 is 0 Å². The van der Waals surface area contributed by atoms with E-state index < -0.39 is 0 Å². The Labute approximate surface area is 94.2 Å². The smallest absolute Gasteiger partial charge is 0.193 e. The number of nitrogens with two attached hydrogens (primary N) is 1. The summed E-state index contributed by atoms with van der Waals surface area (Å²) in [6.45, 7) is 2.61. The molecule has 0 saturated heterocycles. The number of hydrogen-bond donors (Lipinski definition) is 2. The van der Waals surface area contributed by atoms with Gasteiger partial charge in [-0.1, -0.05) is 12.1 Å². The molecule has 2 aromatic rings. The normalized spacial score (nSPS) is 11.7. The summed E-state index contributed by atoms with van der Waals surface area (Å²) in [5.41, 5.74) is 6.66. The predicted octanol–water partition coefficient (Wildman–Crippen LogP) is 1.98. The number of nitrogens with zero attached hydrogens (tertiary/aromatic N) is 2. The number of rotatable bonds is 2. The largest absolute Gasteiger partial charge is 0.370 e. The highest BCUT2D eigenvalue weighted by atomic mass is 15.1. The van der Waals surface area contributed by atoms with Gasteiger partial charge in [0.25, 0.3) is 0 Å². The topological polar surface area (TPSA) is 63.3 Å². The molecule has 0 unspecified atom stereocenters. The van der Waals surface area contributed by atoms with Crippen molar-refractivity contribution in [2.24, 2.45) is 10.7 Å². The molecule has 0 fully saturated rings. The third-order valence-corrected chi connectivity index (χ3v) is 2.27. The van der Waals surface area contributed by atoms with E-state index in [1.54, 1.807) is 6.20 Å². The predicted molar refractivity (Wildman–Crippen MR) is 67.5 cm³/mol. The standard InChI is InChI=1S/C12H14N4/c1-2-15-12(13)16-11-5-3-4-9-6-7-14-8-10(9)11/h3-8H,2H2,1H3,(H3,13,15,16). The molecule has 1 aromatic heterocycles. The Morgan fingerprint density at radius 2 is 2.31 bits per heavy atom. The molecule has 3 N–H and O–H groups in total. The van der Waals surface area contributed by atoms with Gasteiger partial charge >= 0.3 is 0 Å². The first-order valence-electron chi connectivity index (χ1n) is 5.21. The molecule has 4 nitrogen and oxygen atoms in total. The first-order chi connectivity index (χ1) is 7.81. The fraction of sp³-hybridized carbons (Fsp3) is 0.167. The van der Waals surface area contributed by atoms with Crippen LogP contribution in [0.3, 0.4) is 0 Å². The molecule has 0 aliphatic rings. The lowest BCUT2D eigenvalue weighted by Crippen LogP contribution is -2.22. The lowest BCUT2D eigenvalue weighted by molar-refractivity contribution is 1.12. The zero-order chi connectivity index (χ0) is 11.4. The average Bonchev–Trinajstić information content (AvgIpc) is 2.30. The zero-order valence-corrected chi connectivity index (χ0v) is 9.14. The Bertz CT molecular complexity index is 514. The highest BCUT2D eigenvalue weighted by Gasteiger charge is 2.00. The van der Waals surface area contributed by atoms with Crippen LogP contribution in [0.4, 0.5) is 5.69 Å². The molecule has 1 heterocycles. The second-order valence-corrected chi connectivity index (χ2v) is 3.39. The summed E-state index contributed by atoms with van der Waals surface area (Å²) >= 11 is 0. The van der Waals surface area contributed by atoms with Gasteiger partial charge < -0.3 is 11.1 Å². The SMILES string of the molecule is CCN=C(N)Nc1cccc2ccncc12. The van der Waals surface area contributed by atoms with Crippen LogP contribution in [0.2, 0.25) is 0 Å². The lowest BCUT2D eigenvalue weighted by Gasteiger charge is -2.08. The Kier molecular flexibility index (Phi) is 3.00. The quantitative estimate of drug-likeness (QED) is 0.593. The van der Waals surface area contributed by atoms with Crippen LogP contribution >= 0.6 is 0 Å². The molecule has 1 aromatic carbocycles. The van der Waals surface area contributed by atoms with Gasteiger partial charge in [-0.05, 0) is 24.4 Å². The first kappa shape index (κ1) is 10.4. The van der Waals surface area contributed by atoms with Crippen LogP contribution in [0.5, 0.6) is 0 Å². The second-order valence-electron chi connectivity index (χ2n) is 3.39. The maximum absolute atomic E-state index is 5.73. The summed E-state index contributed by atoms with van der Waals surface area (Å²) in [4.78, 5) is 8.20. The van der Waals surface area contributed by atoms with Gasteiger partial charge in [0.15, 0.2) is 5.96 Å². The van der Waals surface area contributed by atoms with Crippen molar-refractivity contribution < 1.29 is 0 Å². The van der Waals surface area contributed by atoms with Crippen LogP contribution in [0, 0.1) is 0 Å². The molecule has 82 valence electrons. The molecule has 16 heavy (non-hydrogen) atoms. The third kappa shape index (κ3) is 2.11. The highest BCUT2D eigenvalue weighted by molar-refractivity contribution is 6.02. The van der Waals surface area contributed by atoms with Crippen molar-refractivity contribution in [3.63, 3.8) is 0 Å². The van der Waals surface area contributed by atoms with Crippen molar-refractivity contribution >= 4 is 22.4 Å². The van der Waals surface area contributed by atoms with Gasteiger partial charge in [0.2, 0.25) is 0 Å². The van der Waals surface area contributed by atoms with E-state index in [4.69, 9.17) is 5.73 Å². The Morgan fingerprint density at radius 3 is 3.12 bits per heavy atom. The van der Waals surface area contributed by atoms with E-state index in [2.05, 4.69) is 15.3 Å². The molecule has 0 radical (unpaired) electrons.